The summed E-state index contributed by atoms with van der Waals surface area (Å²) in [5.41, 5.74) is -0.260. The second-order valence-electron chi connectivity index (χ2n) is 3.69. The standard InChI is InChI=1S/C14H9F2NO2/c15-9-3-1-4-10(7-9)19-13-6-2-5-11(14(13)16)12(18)8-17/h1-8,17H. The first-order valence-corrected chi connectivity index (χ1v) is 5.38. The molecule has 2 rings (SSSR count). The minimum atomic E-state index is -0.875. The van der Waals surface area contributed by atoms with E-state index in [1.54, 1.807) is 0 Å². The minimum Gasteiger partial charge on any atom is -0.454 e. The smallest absolute Gasteiger partial charge is 0.206 e. The molecule has 0 aliphatic rings. The molecule has 0 aliphatic heterocycles. The van der Waals surface area contributed by atoms with Gasteiger partial charge >= 0.3 is 0 Å². The third kappa shape index (κ3) is 2.82. The molecule has 0 amide bonds. The molecule has 0 atom stereocenters. The molecule has 0 aliphatic carbocycles. The van der Waals surface area contributed by atoms with Crippen LogP contribution in [0.4, 0.5) is 8.78 Å². The van der Waals surface area contributed by atoms with Crippen molar-refractivity contribution in [1.29, 1.82) is 5.41 Å². The van der Waals surface area contributed by atoms with Gasteiger partial charge in [-0.2, -0.15) is 0 Å². The highest BCUT2D eigenvalue weighted by Gasteiger charge is 2.14. The lowest BCUT2D eigenvalue weighted by atomic mass is 10.1. The second-order valence-corrected chi connectivity index (χ2v) is 3.69. The van der Waals surface area contributed by atoms with Gasteiger partial charge in [-0.05, 0) is 24.3 Å². The Labute approximate surface area is 108 Å². The Bertz CT molecular complexity index is 641. The molecule has 2 aromatic rings. The molecule has 5 heteroatoms. The van der Waals surface area contributed by atoms with E-state index in [-0.39, 0.29) is 17.1 Å². The topological polar surface area (TPSA) is 50.2 Å². The number of carbonyl (C=O) groups is 1. The van der Waals surface area contributed by atoms with Crippen LogP contribution < -0.4 is 4.74 Å². The maximum atomic E-state index is 14.0. The van der Waals surface area contributed by atoms with Crippen molar-refractivity contribution >= 4 is 12.0 Å². The number of nitrogens with one attached hydrogen (secondary N) is 1. The zero-order valence-electron chi connectivity index (χ0n) is 9.69. The first-order chi connectivity index (χ1) is 9.11. The van der Waals surface area contributed by atoms with Crippen LogP contribution in [0.25, 0.3) is 0 Å². The molecule has 0 aromatic heterocycles. The molecule has 0 spiro atoms. The fraction of sp³-hybridized carbons (Fsp3) is 0. The van der Waals surface area contributed by atoms with Gasteiger partial charge in [0.25, 0.3) is 0 Å². The summed E-state index contributed by atoms with van der Waals surface area (Å²) in [6.07, 6.45) is 0.518. The molecule has 2 aromatic carbocycles. The lowest BCUT2D eigenvalue weighted by molar-refractivity contribution is 0.106. The van der Waals surface area contributed by atoms with Gasteiger partial charge in [-0.25, -0.2) is 8.78 Å². The molecule has 96 valence electrons. The van der Waals surface area contributed by atoms with E-state index in [1.165, 1.54) is 36.4 Å². The third-order valence-corrected chi connectivity index (χ3v) is 2.38. The second kappa shape index (κ2) is 5.39. The minimum absolute atomic E-state index is 0.123. The Hall–Kier alpha value is -2.56. The van der Waals surface area contributed by atoms with E-state index in [2.05, 4.69) is 0 Å². The largest absolute Gasteiger partial charge is 0.454 e. The Morgan fingerprint density at radius 2 is 1.89 bits per heavy atom. The summed E-state index contributed by atoms with van der Waals surface area (Å²) in [6.45, 7) is 0. The molecule has 0 heterocycles. The summed E-state index contributed by atoms with van der Waals surface area (Å²) in [5, 5.41) is 6.83. The predicted molar refractivity (Wildman–Crippen MR) is 66.0 cm³/mol. The SMILES string of the molecule is N=CC(=O)c1cccc(Oc2cccc(F)c2)c1F. The number of hydrogen-bond donors (Lipinski definition) is 1. The number of benzene rings is 2. The van der Waals surface area contributed by atoms with Gasteiger partial charge < -0.3 is 10.1 Å². The fourth-order valence-corrected chi connectivity index (χ4v) is 1.52. The van der Waals surface area contributed by atoms with E-state index in [4.69, 9.17) is 10.1 Å². The van der Waals surface area contributed by atoms with Crippen LogP contribution in [0.3, 0.4) is 0 Å². The quantitative estimate of drug-likeness (QED) is 0.675. The molecule has 19 heavy (non-hydrogen) atoms. The normalized spacial score (nSPS) is 10.0. The highest BCUT2D eigenvalue weighted by Crippen LogP contribution is 2.26. The van der Waals surface area contributed by atoms with Crippen molar-refractivity contribution < 1.29 is 18.3 Å². The predicted octanol–water partition coefficient (Wildman–Crippen LogP) is 3.59. The van der Waals surface area contributed by atoms with E-state index in [0.29, 0.717) is 6.21 Å². The van der Waals surface area contributed by atoms with Gasteiger partial charge in [0.15, 0.2) is 11.6 Å². The lowest BCUT2D eigenvalue weighted by Crippen LogP contribution is -2.04. The van der Waals surface area contributed by atoms with Crippen LogP contribution in [0, 0.1) is 17.0 Å². The fourth-order valence-electron chi connectivity index (χ4n) is 1.52. The van der Waals surface area contributed by atoms with E-state index < -0.39 is 17.4 Å². The average Bonchev–Trinajstić information content (AvgIpc) is 2.40. The summed E-state index contributed by atoms with van der Waals surface area (Å²) in [4.78, 5) is 11.3. The molecular weight excluding hydrogens is 252 g/mol. The zero-order chi connectivity index (χ0) is 13.8. The van der Waals surface area contributed by atoms with E-state index in [0.717, 1.165) is 6.07 Å². The van der Waals surface area contributed by atoms with Crippen molar-refractivity contribution in [2.45, 2.75) is 0 Å². The van der Waals surface area contributed by atoms with Gasteiger partial charge in [-0.15, -0.1) is 0 Å². The van der Waals surface area contributed by atoms with Crippen LogP contribution in [-0.4, -0.2) is 12.0 Å². The van der Waals surface area contributed by atoms with Crippen molar-refractivity contribution in [1.82, 2.24) is 0 Å². The van der Waals surface area contributed by atoms with Crippen LogP contribution in [0.15, 0.2) is 42.5 Å². The van der Waals surface area contributed by atoms with Crippen LogP contribution in [0.5, 0.6) is 11.5 Å². The molecule has 1 N–H and O–H groups in total. The molecule has 3 nitrogen and oxygen atoms in total. The number of rotatable bonds is 4. The van der Waals surface area contributed by atoms with Gasteiger partial charge in [0.1, 0.15) is 11.6 Å². The molecule has 0 bridgehead atoms. The van der Waals surface area contributed by atoms with Crippen molar-refractivity contribution in [2.75, 3.05) is 0 Å². The summed E-state index contributed by atoms with van der Waals surface area (Å²) < 4.78 is 32.1. The first kappa shape index (κ1) is 12.9. The Kier molecular flexibility index (Phi) is 3.66. The van der Waals surface area contributed by atoms with Crippen LogP contribution >= 0.6 is 0 Å². The van der Waals surface area contributed by atoms with Crippen LogP contribution in [0.1, 0.15) is 10.4 Å². The third-order valence-electron chi connectivity index (χ3n) is 2.38. The number of Topliss-reactive ketones (excluding diaryl/α,β-unsaturated/α-hetero) is 1. The summed E-state index contributed by atoms with van der Waals surface area (Å²) in [6, 6.07) is 9.22. The number of carbonyl (C=O) groups excluding carboxylic acids is 1. The molecular formula is C14H9F2NO2. The molecule has 0 fully saturated rings. The molecule has 0 unspecified atom stereocenters. The highest BCUT2D eigenvalue weighted by molar-refractivity contribution is 6.34. The Morgan fingerprint density at radius 3 is 2.58 bits per heavy atom. The molecule has 0 saturated heterocycles. The number of ether oxygens (including phenoxy) is 1. The van der Waals surface area contributed by atoms with Crippen LogP contribution in [0.2, 0.25) is 0 Å². The van der Waals surface area contributed by atoms with Gasteiger partial charge in [0.2, 0.25) is 5.78 Å². The van der Waals surface area contributed by atoms with Gasteiger partial charge in [0.05, 0.1) is 11.8 Å². The van der Waals surface area contributed by atoms with Crippen molar-refractivity contribution in [3.05, 3.63) is 59.7 Å². The molecule has 0 saturated carbocycles. The Morgan fingerprint density at radius 1 is 1.16 bits per heavy atom. The van der Waals surface area contributed by atoms with Gasteiger partial charge in [-0.3, -0.25) is 4.79 Å². The van der Waals surface area contributed by atoms with Crippen molar-refractivity contribution in [2.24, 2.45) is 0 Å². The lowest BCUT2D eigenvalue weighted by Gasteiger charge is -2.08. The maximum absolute atomic E-state index is 14.0. The summed E-state index contributed by atoms with van der Waals surface area (Å²) >= 11 is 0. The molecule has 0 radical (unpaired) electrons. The van der Waals surface area contributed by atoms with Crippen molar-refractivity contribution in [3.8, 4) is 11.5 Å². The Balaban J connectivity index is 2.36. The number of hydrogen-bond acceptors (Lipinski definition) is 3. The van der Waals surface area contributed by atoms with Crippen LogP contribution in [-0.2, 0) is 0 Å². The summed E-state index contributed by atoms with van der Waals surface area (Å²) in [5.74, 6) is -2.22. The van der Waals surface area contributed by atoms with E-state index >= 15 is 0 Å². The zero-order valence-corrected chi connectivity index (χ0v) is 9.69. The van der Waals surface area contributed by atoms with Gasteiger partial charge in [-0.1, -0.05) is 12.1 Å². The van der Waals surface area contributed by atoms with E-state index in [1.807, 2.05) is 0 Å². The average molecular weight is 261 g/mol. The monoisotopic (exact) mass is 261 g/mol. The number of ketones is 1. The first-order valence-electron chi connectivity index (χ1n) is 5.38. The van der Waals surface area contributed by atoms with Crippen molar-refractivity contribution in [3.63, 3.8) is 0 Å². The van der Waals surface area contributed by atoms with E-state index in [9.17, 15) is 13.6 Å². The maximum Gasteiger partial charge on any atom is 0.206 e. The highest BCUT2D eigenvalue weighted by atomic mass is 19.1. The summed E-state index contributed by atoms with van der Waals surface area (Å²) in [7, 11) is 0. The van der Waals surface area contributed by atoms with Gasteiger partial charge in [0, 0.05) is 6.07 Å². The number of halogens is 2.